The molecule has 132 valence electrons. The molecule has 3 amide bonds. The highest BCUT2D eigenvalue weighted by atomic mass is 16.2. The average Bonchev–Trinajstić information content (AvgIpc) is 2.66. The second-order valence-corrected chi connectivity index (χ2v) is 6.09. The standard InChI is InChI=1S/C21H21N3O2/c1-15(20(25)22-14-16-7-3-2-4-8-16)23-21(26)24-19-12-11-17-9-5-6-10-18(17)13-19/h2-13,15H,14H2,1H3,(H,22,25)(H2,23,24,26). The molecule has 3 rings (SSSR count). The van der Waals surface area contributed by atoms with Crippen molar-refractivity contribution >= 4 is 28.4 Å². The summed E-state index contributed by atoms with van der Waals surface area (Å²) >= 11 is 0. The molecule has 3 aromatic carbocycles. The molecule has 26 heavy (non-hydrogen) atoms. The molecule has 0 aliphatic heterocycles. The zero-order valence-electron chi connectivity index (χ0n) is 14.5. The highest BCUT2D eigenvalue weighted by Crippen LogP contribution is 2.18. The Balaban J connectivity index is 1.52. The van der Waals surface area contributed by atoms with Crippen LogP contribution in [0.3, 0.4) is 0 Å². The number of carbonyl (C=O) groups is 2. The molecular formula is C21H21N3O2. The third kappa shape index (κ3) is 4.60. The predicted octanol–water partition coefficient (Wildman–Crippen LogP) is 3.67. The molecule has 0 heterocycles. The minimum atomic E-state index is -0.640. The van der Waals surface area contributed by atoms with E-state index in [4.69, 9.17) is 0 Å². The number of hydrogen-bond donors (Lipinski definition) is 3. The maximum Gasteiger partial charge on any atom is 0.319 e. The van der Waals surface area contributed by atoms with Gasteiger partial charge >= 0.3 is 6.03 Å². The molecule has 0 aliphatic rings. The number of hydrogen-bond acceptors (Lipinski definition) is 2. The zero-order chi connectivity index (χ0) is 18.4. The minimum absolute atomic E-state index is 0.234. The van der Waals surface area contributed by atoms with E-state index < -0.39 is 12.1 Å². The van der Waals surface area contributed by atoms with E-state index in [1.807, 2.05) is 72.8 Å². The van der Waals surface area contributed by atoms with Crippen molar-refractivity contribution in [1.29, 1.82) is 0 Å². The van der Waals surface area contributed by atoms with Crippen molar-refractivity contribution in [2.75, 3.05) is 5.32 Å². The molecule has 0 aliphatic carbocycles. The molecule has 0 spiro atoms. The van der Waals surface area contributed by atoms with Crippen molar-refractivity contribution < 1.29 is 9.59 Å². The third-order valence-electron chi connectivity index (χ3n) is 4.06. The Kier molecular flexibility index (Phi) is 5.49. The summed E-state index contributed by atoms with van der Waals surface area (Å²) in [7, 11) is 0. The third-order valence-corrected chi connectivity index (χ3v) is 4.06. The Labute approximate surface area is 152 Å². The lowest BCUT2D eigenvalue weighted by Gasteiger charge is -2.15. The quantitative estimate of drug-likeness (QED) is 0.659. The zero-order valence-corrected chi connectivity index (χ0v) is 14.5. The maximum atomic E-state index is 12.1. The van der Waals surface area contributed by atoms with Crippen LogP contribution in [-0.4, -0.2) is 18.0 Å². The summed E-state index contributed by atoms with van der Waals surface area (Å²) in [6, 6.07) is 22.2. The highest BCUT2D eigenvalue weighted by molar-refractivity contribution is 5.95. The number of amides is 3. The van der Waals surface area contributed by atoms with Crippen LogP contribution in [0.5, 0.6) is 0 Å². The Bertz CT molecular complexity index is 909. The number of carbonyl (C=O) groups excluding carboxylic acids is 2. The molecule has 5 nitrogen and oxygen atoms in total. The average molecular weight is 347 g/mol. The smallest absolute Gasteiger partial charge is 0.319 e. The highest BCUT2D eigenvalue weighted by Gasteiger charge is 2.15. The van der Waals surface area contributed by atoms with Gasteiger partial charge in [-0.1, -0.05) is 60.7 Å². The van der Waals surface area contributed by atoms with Crippen LogP contribution in [0.1, 0.15) is 12.5 Å². The first-order valence-electron chi connectivity index (χ1n) is 8.50. The summed E-state index contributed by atoms with van der Waals surface area (Å²) in [5.74, 6) is -0.234. The number of rotatable bonds is 5. The topological polar surface area (TPSA) is 70.2 Å². The predicted molar refractivity (Wildman–Crippen MR) is 104 cm³/mol. The maximum absolute atomic E-state index is 12.1. The van der Waals surface area contributed by atoms with E-state index in [2.05, 4.69) is 16.0 Å². The number of anilines is 1. The van der Waals surface area contributed by atoms with Gasteiger partial charge in [0.1, 0.15) is 6.04 Å². The van der Waals surface area contributed by atoms with Gasteiger partial charge in [0.05, 0.1) is 0 Å². The fourth-order valence-electron chi connectivity index (χ4n) is 2.63. The van der Waals surface area contributed by atoms with Crippen LogP contribution >= 0.6 is 0 Å². The first-order valence-corrected chi connectivity index (χ1v) is 8.50. The van der Waals surface area contributed by atoms with Gasteiger partial charge in [-0.05, 0) is 35.4 Å². The Morgan fingerprint density at radius 1 is 0.885 bits per heavy atom. The lowest BCUT2D eigenvalue weighted by Crippen LogP contribution is -2.46. The molecule has 0 aromatic heterocycles. The lowest BCUT2D eigenvalue weighted by molar-refractivity contribution is -0.122. The van der Waals surface area contributed by atoms with E-state index in [1.54, 1.807) is 6.92 Å². The largest absolute Gasteiger partial charge is 0.350 e. The summed E-state index contributed by atoms with van der Waals surface area (Å²) < 4.78 is 0. The fraction of sp³-hybridized carbons (Fsp3) is 0.143. The summed E-state index contributed by atoms with van der Waals surface area (Å²) in [5, 5.41) is 10.4. The number of nitrogens with one attached hydrogen (secondary N) is 3. The van der Waals surface area contributed by atoms with Crippen molar-refractivity contribution in [3.63, 3.8) is 0 Å². The molecule has 0 fully saturated rings. The van der Waals surface area contributed by atoms with Gasteiger partial charge in [0.2, 0.25) is 5.91 Å². The van der Waals surface area contributed by atoms with Crippen LogP contribution < -0.4 is 16.0 Å². The first kappa shape index (κ1) is 17.5. The molecule has 3 N–H and O–H groups in total. The SMILES string of the molecule is CC(NC(=O)Nc1ccc2ccccc2c1)C(=O)NCc1ccccc1. The molecule has 0 saturated carbocycles. The van der Waals surface area contributed by atoms with Gasteiger partial charge in [-0.25, -0.2) is 4.79 Å². The fourth-order valence-corrected chi connectivity index (χ4v) is 2.63. The monoisotopic (exact) mass is 347 g/mol. The van der Waals surface area contributed by atoms with E-state index >= 15 is 0 Å². The van der Waals surface area contributed by atoms with Crippen molar-refractivity contribution in [3.8, 4) is 0 Å². The van der Waals surface area contributed by atoms with Gasteiger partial charge < -0.3 is 16.0 Å². The summed E-state index contributed by atoms with van der Waals surface area (Å²) in [6.45, 7) is 2.08. The van der Waals surface area contributed by atoms with Crippen LogP contribution in [0.2, 0.25) is 0 Å². The normalized spacial score (nSPS) is 11.6. The minimum Gasteiger partial charge on any atom is -0.350 e. The molecule has 3 aromatic rings. The van der Waals surface area contributed by atoms with Crippen LogP contribution in [0, 0.1) is 0 Å². The summed E-state index contributed by atoms with van der Waals surface area (Å²) in [6.07, 6.45) is 0. The van der Waals surface area contributed by atoms with E-state index in [0.29, 0.717) is 12.2 Å². The van der Waals surface area contributed by atoms with Crippen LogP contribution in [0.4, 0.5) is 10.5 Å². The molecule has 0 bridgehead atoms. The van der Waals surface area contributed by atoms with E-state index in [9.17, 15) is 9.59 Å². The van der Waals surface area contributed by atoms with E-state index in [-0.39, 0.29) is 5.91 Å². The second kappa shape index (κ2) is 8.16. The Morgan fingerprint density at radius 2 is 1.58 bits per heavy atom. The van der Waals surface area contributed by atoms with Crippen LogP contribution in [0.25, 0.3) is 10.8 Å². The summed E-state index contributed by atoms with van der Waals surface area (Å²) in [4.78, 5) is 24.3. The first-order chi connectivity index (χ1) is 12.6. The number of urea groups is 1. The van der Waals surface area contributed by atoms with Gasteiger partial charge in [0.25, 0.3) is 0 Å². The molecule has 0 radical (unpaired) electrons. The molecule has 1 atom stereocenters. The molecule has 5 heteroatoms. The van der Waals surface area contributed by atoms with Gasteiger partial charge in [-0.2, -0.15) is 0 Å². The van der Waals surface area contributed by atoms with Crippen molar-refractivity contribution in [3.05, 3.63) is 78.4 Å². The van der Waals surface area contributed by atoms with Crippen molar-refractivity contribution in [2.24, 2.45) is 0 Å². The van der Waals surface area contributed by atoms with E-state index in [1.165, 1.54) is 0 Å². The van der Waals surface area contributed by atoms with Gasteiger partial charge in [0.15, 0.2) is 0 Å². The second-order valence-electron chi connectivity index (χ2n) is 6.09. The Hall–Kier alpha value is -3.34. The molecule has 1 unspecified atom stereocenters. The van der Waals surface area contributed by atoms with Crippen LogP contribution in [-0.2, 0) is 11.3 Å². The number of benzene rings is 3. The van der Waals surface area contributed by atoms with Gasteiger partial charge in [0, 0.05) is 12.2 Å². The summed E-state index contributed by atoms with van der Waals surface area (Å²) in [5.41, 5.74) is 1.69. The Morgan fingerprint density at radius 3 is 2.35 bits per heavy atom. The van der Waals surface area contributed by atoms with E-state index in [0.717, 1.165) is 16.3 Å². The van der Waals surface area contributed by atoms with Crippen LogP contribution in [0.15, 0.2) is 72.8 Å². The van der Waals surface area contributed by atoms with Crippen molar-refractivity contribution in [2.45, 2.75) is 19.5 Å². The van der Waals surface area contributed by atoms with Gasteiger partial charge in [-0.3, -0.25) is 4.79 Å². The molecular weight excluding hydrogens is 326 g/mol. The number of fused-ring (bicyclic) bond motifs is 1. The van der Waals surface area contributed by atoms with Gasteiger partial charge in [-0.15, -0.1) is 0 Å². The molecule has 0 saturated heterocycles. The lowest BCUT2D eigenvalue weighted by atomic mass is 10.1. The van der Waals surface area contributed by atoms with Crippen molar-refractivity contribution in [1.82, 2.24) is 10.6 Å².